The third-order valence-electron chi connectivity index (χ3n) is 9.44. The van der Waals surface area contributed by atoms with Gasteiger partial charge in [-0.15, -0.1) is 0 Å². The minimum atomic E-state index is -0.557. The van der Waals surface area contributed by atoms with Crippen LogP contribution >= 0.6 is 0 Å². The van der Waals surface area contributed by atoms with Gasteiger partial charge in [0.15, 0.2) is 23.0 Å². The Morgan fingerprint density at radius 1 is 1.02 bits per heavy atom. The molecule has 3 aliphatic rings. The number of hydrogen-bond acceptors (Lipinski definition) is 11. The molecule has 5 rings (SSSR count). The molecule has 11 heteroatoms. The lowest BCUT2D eigenvalue weighted by atomic mass is 9.75. The zero-order valence-corrected chi connectivity index (χ0v) is 26.9. The van der Waals surface area contributed by atoms with Crippen LogP contribution in [0.15, 0.2) is 53.9 Å². The summed E-state index contributed by atoms with van der Waals surface area (Å²) >= 11 is 0. The number of dihydropyridines is 1. The Labute approximate surface area is 271 Å². The molecule has 2 aromatic rings. The van der Waals surface area contributed by atoms with E-state index in [1.807, 2.05) is 18.2 Å². The van der Waals surface area contributed by atoms with Crippen molar-refractivity contribution in [3.05, 3.63) is 65.0 Å². The maximum atomic E-state index is 11.1. The number of aryl methyl sites for hydroxylation is 1. The van der Waals surface area contributed by atoms with Crippen molar-refractivity contribution >= 4 is 0 Å². The number of rotatable bonds is 12. The largest absolute Gasteiger partial charge is 0.504 e. The van der Waals surface area contributed by atoms with Gasteiger partial charge in [0.2, 0.25) is 5.75 Å². The topological polar surface area (TPSA) is 168 Å². The number of allylic oxidation sites excluding steroid dienone is 2. The molecule has 8 N–H and O–H groups in total. The average molecular weight is 640 g/mol. The molecule has 0 amide bonds. The third-order valence-corrected chi connectivity index (χ3v) is 9.44. The molecular weight excluding hydrogens is 590 g/mol. The number of methoxy groups -OCH3 is 2. The summed E-state index contributed by atoms with van der Waals surface area (Å²) in [6, 6.07) is 8.89. The number of phenolic OH excluding ortho intramolecular Hbond substituents is 2. The second-order valence-electron chi connectivity index (χ2n) is 12.8. The second kappa shape index (κ2) is 15.3. The van der Waals surface area contributed by atoms with E-state index in [0.717, 1.165) is 29.5 Å². The summed E-state index contributed by atoms with van der Waals surface area (Å²) in [5.41, 5.74) is 8.90. The maximum Gasteiger partial charge on any atom is 0.200 e. The van der Waals surface area contributed by atoms with Crippen molar-refractivity contribution in [1.29, 1.82) is 0 Å². The molecule has 3 aliphatic heterocycles. The van der Waals surface area contributed by atoms with E-state index in [1.54, 1.807) is 18.2 Å². The van der Waals surface area contributed by atoms with Gasteiger partial charge < -0.3 is 55.7 Å². The van der Waals surface area contributed by atoms with E-state index >= 15 is 0 Å². The predicted octanol–water partition coefficient (Wildman–Crippen LogP) is 3.40. The van der Waals surface area contributed by atoms with Crippen LogP contribution in [0.4, 0.5) is 0 Å². The molecule has 252 valence electrons. The molecule has 46 heavy (non-hydrogen) atoms. The van der Waals surface area contributed by atoms with Gasteiger partial charge in [0, 0.05) is 31.7 Å². The Morgan fingerprint density at radius 2 is 1.80 bits per heavy atom. The first-order chi connectivity index (χ1) is 22.2. The molecule has 11 nitrogen and oxygen atoms in total. The standard InChI is InChI=1S/C35H49N3O8/c1-20-10-24(18-39)27(11-22-8-9-37-34(36)13-22)28(38-20)19-45-33-15-23(14-32(44-3)35(33)42)30-17-25(40)16-26(46-30)6-4-21-5-7-29(41)31(12-21)43-2/h5,7-8,12-15,20,24-28,30,37-42H,4,6,9-11,16-19,36H2,1-3H3. The summed E-state index contributed by atoms with van der Waals surface area (Å²) < 4.78 is 23.6. The molecule has 2 saturated heterocycles. The first-order valence-electron chi connectivity index (χ1n) is 16.2. The fraction of sp³-hybridized carbons (Fsp3) is 0.543. The minimum Gasteiger partial charge on any atom is -0.504 e. The van der Waals surface area contributed by atoms with Crippen LogP contribution in [0.5, 0.6) is 28.7 Å². The van der Waals surface area contributed by atoms with Crippen LogP contribution in [-0.2, 0) is 11.2 Å². The zero-order chi connectivity index (χ0) is 32.8. The van der Waals surface area contributed by atoms with Crippen molar-refractivity contribution in [2.75, 3.05) is 34.0 Å². The molecule has 0 bridgehead atoms. The maximum absolute atomic E-state index is 11.1. The number of hydrogen-bond donors (Lipinski definition) is 7. The fourth-order valence-corrected chi connectivity index (χ4v) is 7.06. The molecule has 0 aliphatic carbocycles. The number of benzene rings is 2. The highest BCUT2D eigenvalue weighted by atomic mass is 16.5. The van der Waals surface area contributed by atoms with Crippen molar-refractivity contribution < 1.29 is 39.4 Å². The Morgan fingerprint density at radius 3 is 2.54 bits per heavy atom. The summed E-state index contributed by atoms with van der Waals surface area (Å²) in [7, 11) is 3.01. The lowest BCUT2D eigenvalue weighted by Crippen LogP contribution is -2.54. The Kier molecular flexibility index (Phi) is 11.2. The van der Waals surface area contributed by atoms with Crippen molar-refractivity contribution in [1.82, 2.24) is 10.6 Å². The molecule has 2 aromatic carbocycles. The van der Waals surface area contributed by atoms with Gasteiger partial charge in [0.25, 0.3) is 0 Å². The molecule has 0 spiro atoms. The highest BCUT2D eigenvalue weighted by Gasteiger charge is 2.37. The van der Waals surface area contributed by atoms with Crippen LogP contribution in [0.3, 0.4) is 0 Å². The smallest absolute Gasteiger partial charge is 0.200 e. The molecule has 0 aromatic heterocycles. The number of aliphatic hydroxyl groups excluding tert-OH is 2. The Bertz CT molecular complexity index is 1400. The van der Waals surface area contributed by atoms with Gasteiger partial charge >= 0.3 is 0 Å². The molecular formula is C35H49N3O8. The summed E-state index contributed by atoms with van der Waals surface area (Å²) in [6.45, 7) is 3.12. The fourth-order valence-electron chi connectivity index (χ4n) is 7.06. The number of piperidine rings is 1. The zero-order valence-electron chi connectivity index (χ0n) is 26.9. The first kappa shape index (κ1) is 33.7. The van der Waals surface area contributed by atoms with Crippen LogP contribution in [0.1, 0.15) is 56.3 Å². The monoisotopic (exact) mass is 639 g/mol. The molecule has 7 atom stereocenters. The van der Waals surface area contributed by atoms with E-state index in [-0.39, 0.29) is 66.2 Å². The van der Waals surface area contributed by atoms with Crippen LogP contribution in [0.2, 0.25) is 0 Å². The summed E-state index contributed by atoms with van der Waals surface area (Å²) in [5, 5.41) is 48.8. The van der Waals surface area contributed by atoms with Crippen LogP contribution < -0.4 is 30.6 Å². The van der Waals surface area contributed by atoms with Gasteiger partial charge in [-0.1, -0.05) is 12.1 Å². The van der Waals surface area contributed by atoms with Gasteiger partial charge in [-0.2, -0.15) is 0 Å². The predicted molar refractivity (Wildman–Crippen MR) is 174 cm³/mol. The SMILES string of the molecule is COc1cc(CCC2CC(O)CC(c3cc(OC)c(O)c(OCC4NC(C)CC(CO)C4CC4=CCNC(N)=C4)c3)O2)ccc1O. The third kappa shape index (κ3) is 8.19. The number of nitrogens with two attached hydrogens (primary N) is 1. The lowest BCUT2D eigenvalue weighted by molar-refractivity contribution is -0.0999. The van der Waals surface area contributed by atoms with Crippen molar-refractivity contribution in [3.63, 3.8) is 0 Å². The average Bonchev–Trinajstić information content (AvgIpc) is 3.04. The number of aliphatic hydroxyl groups is 2. The second-order valence-corrected chi connectivity index (χ2v) is 12.8. The highest BCUT2D eigenvalue weighted by molar-refractivity contribution is 5.53. The van der Waals surface area contributed by atoms with E-state index in [9.17, 15) is 20.4 Å². The van der Waals surface area contributed by atoms with Crippen molar-refractivity contribution in [2.45, 2.75) is 75.8 Å². The summed E-state index contributed by atoms with van der Waals surface area (Å²) in [5.74, 6) is 1.76. The van der Waals surface area contributed by atoms with Gasteiger partial charge in [0.1, 0.15) is 6.61 Å². The molecule has 7 unspecified atom stereocenters. The van der Waals surface area contributed by atoms with Crippen LogP contribution in [0.25, 0.3) is 0 Å². The van der Waals surface area contributed by atoms with Gasteiger partial charge in [-0.05, 0) is 97.9 Å². The number of aromatic hydroxyl groups is 2. The molecule has 0 radical (unpaired) electrons. The van der Waals surface area contributed by atoms with Crippen LogP contribution in [-0.4, -0.2) is 78.7 Å². The molecule has 3 heterocycles. The number of nitrogens with one attached hydrogen (secondary N) is 2. The summed E-state index contributed by atoms with van der Waals surface area (Å²) in [4.78, 5) is 0. The molecule has 2 fully saturated rings. The van der Waals surface area contributed by atoms with Crippen molar-refractivity contribution in [3.8, 4) is 28.7 Å². The summed E-state index contributed by atoms with van der Waals surface area (Å²) in [6.07, 6.45) is 6.74. The van der Waals surface area contributed by atoms with E-state index in [1.165, 1.54) is 14.2 Å². The number of ether oxygens (including phenoxy) is 4. The van der Waals surface area contributed by atoms with Crippen LogP contribution in [0, 0.1) is 11.8 Å². The van der Waals surface area contributed by atoms with E-state index < -0.39 is 12.2 Å². The number of phenols is 2. The quantitative estimate of drug-likeness (QED) is 0.182. The Balaban J connectivity index is 1.30. The minimum absolute atomic E-state index is 0.0786. The van der Waals surface area contributed by atoms with Crippen molar-refractivity contribution in [2.24, 2.45) is 17.6 Å². The van der Waals surface area contributed by atoms with E-state index in [2.05, 4.69) is 23.6 Å². The first-order valence-corrected chi connectivity index (χ1v) is 16.2. The van der Waals surface area contributed by atoms with E-state index in [0.29, 0.717) is 43.8 Å². The highest BCUT2D eigenvalue weighted by Crippen LogP contribution is 2.43. The van der Waals surface area contributed by atoms with Gasteiger partial charge in [-0.3, -0.25) is 0 Å². The molecule has 0 saturated carbocycles. The van der Waals surface area contributed by atoms with E-state index in [4.69, 9.17) is 24.7 Å². The Hall–Kier alpha value is -3.64. The van der Waals surface area contributed by atoms with Gasteiger partial charge in [-0.25, -0.2) is 0 Å². The normalized spacial score (nSPS) is 28.1. The lowest BCUT2D eigenvalue weighted by Gasteiger charge is -2.42. The van der Waals surface area contributed by atoms with Gasteiger partial charge in [0.05, 0.1) is 38.4 Å².